The first-order valence-electron chi connectivity index (χ1n) is 2.41. The summed E-state index contributed by atoms with van der Waals surface area (Å²) in [7, 11) is 0. The molecule has 0 nitrogen and oxygen atoms in total. The molecule has 0 spiro atoms. The Balaban J connectivity index is 0. The van der Waals surface area contributed by atoms with Gasteiger partial charge >= 0.3 is 51.4 Å². The minimum absolute atomic E-state index is 0. The van der Waals surface area contributed by atoms with Crippen LogP contribution in [0, 0.1) is 0 Å². The molecule has 0 rings (SSSR count). The van der Waals surface area contributed by atoms with Gasteiger partial charge in [0, 0.05) is 0 Å². The van der Waals surface area contributed by atoms with Crippen molar-refractivity contribution in [2.45, 2.75) is 33.1 Å². The third kappa shape index (κ3) is 9.16. The van der Waals surface area contributed by atoms with E-state index in [-0.39, 0.29) is 51.4 Å². The van der Waals surface area contributed by atoms with Crippen LogP contribution in [0.25, 0.3) is 0 Å². The van der Waals surface area contributed by atoms with Crippen LogP contribution < -0.4 is 51.4 Å². The van der Waals surface area contributed by atoms with Gasteiger partial charge in [-0.25, -0.2) is 0 Å². The molecule has 0 aromatic heterocycles. The Morgan fingerprint density at radius 1 is 1.00 bits per heavy atom. The van der Waals surface area contributed by atoms with E-state index in [1.165, 1.54) is 19.3 Å². The number of hydrogen-bond acceptors (Lipinski definition) is 0. The van der Waals surface area contributed by atoms with Crippen molar-refractivity contribution in [3.05, 3.63) is 0 Å². The number of hydrogen-bond donors (Lipinski definition) is 0. The number of rotatable bonds is 2. The molecule has 0 fully saturated rings. The van der Waals surface area contributed by atoms with Crippen molar-refractivity contribution in [3.63, 3.8) is 0 Å². The summed E-state index contributed by atoms with van der Waals surface area (Å²) in [4.78, 5) is 0. The summed E-state index contributed by atoms with van der Waals surface area (Å²) in [6.07, 6.45) is 4.08. The van der Waals surface area contributed by atoms with Crippen LogP contribution in [0.4, 0.5) is 0 Å². The van der Waals surface area contributed by atoms with Crippen LogP contribution in [0.2, 0.25) is 0 Å². The van der Waals surface area contributed by atoms with Gasteiger partial charge in [-0.15, -0.1) is 0 Å². The monoisotopic (exact) mass is 111 g/mol. The van der Waals surface area contributed by atoms with Gasteiger partial charge in [0.15, 0.2) is 0 Å². The minimum atomic E-state index is 0. The quantitative estimate of drug-likeness (QED) is 0.409. The molecule has 0 bridgehead atoms. The smallest absolute Gasteiger partial charge is 0.0654 e. The van der Waals surface area contributed by atoms with E-state index in [0.29, 0.717) is 0 Å². The molecule has 1 heteroatoms. The molecule has 6 heavy (non-hydrogen) atoms. The Kier molecular flexibility index (Phi) is 17.3. The molecule has 0 amide bonds. The molecular weight excluding hydrogens is 99.2 g/mol. The van der Waals surface area contributed by atoms with E-state index in [4.69, 9.17) is 0 Å². The molecule has 0 aliphatic heterocycles. The van der Waals surface area contributed by atoms with Crippen LogP contribution in [0.3, 0.4) is 0 Å². The SMILES string of the molecule is CCCCC.[K+]. The zero-order valence-corrected chi connectivity index (χ0v) is 8.24. The van der Waals surface area contributed by atoms with Gasteiger partial charge in [-0.3, -0.25) is 0 Å². The normalized spacial score (nSPS) is 7.00. The summed E-state index contributed by atoms with van der Waals surface area (Å²) >= 11 is 0. The van der Waals surface area contributed by atoms with Crippen LogP contribution in [0.1, 0.15) is 33.1 Å². The van der Waals surface area contributed by atoms with Gasteiger partial charge in [0.25, 0.3) is 0 Å². The van der Waals surface area contributed by atoms with E-state index in [0.717, 1.165) is 0 Å². The topological polar surface area (TPSA) is 0 Å². The van der Waals surface area contributed by atoms with Gasteiger partial charge in [-0.2, -0.15) is 0 Å². The average molecular weight is 111 g/mol. The predicted molar refractivity (Wildman–Crippen MR) is 25.2 cm³/mol. The zero-order chi connectivity index (χ0) is 4.12. The van der Waals surface area contributed by atoms with Crippen molar-refractivity contribution in [1.29, 1.82) is 0 Å². The average Bonchev–Trinajstić information content (AvgIpc) is 1.41. The van der Waals surface area contributed by atoms with E-state index in [1.54, 1.807) is 0 Å². The fourth-order valence-corrected chi connectivity index (χ4v) is 0.354. The molecule has 0 saturated heterocycles. The minimum Gasteiger partial charge on any atom is -0.0654 e. The van der Waals surface area contributed by atoms with Crippen LogP contribution in [0.15, 0.2) is 0 Å². The maximum Gasteiger partial charge on any atom is 1.00 e. The van der Waals surface area contributed by atoms with Crippen molar-refractivity contribution >= 4 is 0 Å². The van der Waals surface area contributed by atoms with Gasteiger partial charge in [0.1, 0.15) is 0 Å². The third-order valence-electron chi connectivity index (χ3n) is 0.707. The van der Waals surface area contributed by atoms with Crippen LogP contribution in [-0.2, 0) is 0 Å². The van der Waals surface area contributed by atoms with Gasteiger partial charge in [0.2, 0.25) is 0 Å². The van der Waals surface area contributed by atoms with E-state index in [1.807, 2.05) is 0 Å². The van der Waals surface area contributed by atoms with E-state index in [2.05, 4.69) is 13.8 Å². The summed E-state index contributed by atoms with van der Waals surface area (Å²) in [6.45, 7) is 4.42. The summed E-state index contributed by atoms with van der Waals surface area (Å²) < 4.78 is 0. The van der Waals surface area contributed by atoms with Crippen LogP contribution >= 0.6 is 0 Å². The second kappa shape index (κ2) is 9.81. The van der Waals surface area contributed by atoms with E-state index < -0.39 is 0 Å². The van der Waals surface area contributed by atoms with Crippen molar-refractivity contribution in [2.75, 3.05) is 0 Å². The van der Waals surface area contributed by atoms with Gasteiger partial charge in [0.05, 0.1) is 0 Å². The zero-order valence-electron chi connectivity index (χ0n) is 5.12. The Hall–Kier alpha value is 1.64. The van der Waals surface area contributed by atoms with Gasteiger partial charge < -0.3 is 0 Å². The predicted octanol–water partition coefficient (Wildman–Crippen LogP) is -0.799. The number of unbranched alkanes of at least 4 members (excludes halogenated alkanes) is 2. The molecule has 0 aliphatic carbocycles. The maximum atomic E-state index is 2.21. The summed E-state index contributed by atoms with van der Waals surface area (Å²) in [5, 5.41) is 0. The molecule has 0 aromatic rings. The summed E-state index contributed by atoms with van der Waals surface area (Å²) in [5.41, 5.74) is 0. The maximum absolute atomic E-state index is 2.21. The molecular formula is C5H12K+. The van der Waals surface area contributed by atoms with Crippen molar-refractivity contribution in [3.8, 4) is 0 Å². The molecule has 0 aromatic carbocycles. The molecule has 0 aliphatic rings. The van der Waals surface area contributed by atoms with Gasteiger partial charge in [-0.1, -0.05) is 33.1 Å². The molecule has 32 valence electrons. The first kappa shape index (κ1) is 10.6. The molecule has 0 radical (unpaired) electrons. The first-order valence-corrected chi connectivity index (χ1v) is 2.41. The Morgan fingerprint density at radius 3 is 1.33 bits per heavy atom. The first-order chi connectivity index (χ1) is 2.41. The second-order valence-corrected chi connectivity index (χ2v) is 1.35. The molecule has 0 atom stereocenters. The Morgan fingerprint density at radius 2 is 1.33 bits per heavy atom. The largest absolute Gasteiger partial charge is 1.00 e. The van der Waals surface area contributed by atoms with Crippen LogP contribution in [-0.4, -0.2) is 0 Å². The standard InChI is InChI=1S/C5H12.K/c1-3-5-4-2;/h3-5H2,1-2H3;/q;+1. The fraction of sp³-hybridized carbons (Fsp3) is 1.00. The van der Waals surface area contributed by atoms with E-state index in [9.17, 15) is 0 Å². The van der Waals surface area contributed by atoms with E-state index >= 15 is 0 Å². The molecule has 0 unspecified atom stereocenters. The molecule has 0 N–H and O–H groups in total. The Labute approximate surface area is 83.1 Å². The fourth-order valence-electron chi connectivity index (χ4n) is 0.354. The van der Waals surface area contributed by atoms with Gasteiger partial charge in [-0.05, 0) is 0 Å². The third-order valence-corrected chi connectivity index (χ3v) is 0.707. The molecule has 0 saturated carbocycles. The van der Waals surface area contributed by atoms with Crippen molar-refractivity contribution in [2.24, 2.45) is 0 Å². The second-order valence-electron chi connectivity index (χ2n) is 1.35. The summed E-state index contributed by atoms with van der Waals surface area (Å²) in [6, 6.07) is 0. The van der Waals surface area contributed by atoms with Crippen LogP contribution in [0.5, 0.6) is 0 Å². The van der Waals surface area contributed by atoms with Crippen molar-refractivity contribution in [1.82, 2.24) is 0 Å². The Bertz CT molecular complexity index is 11.4. The summed E-state index contributed by atoms with van der Waals surface area (Å²) in [5.74, 6) is 0. The molecule has 0 heterocycles. The van der Waals surface area contributed by atoms with Crippen molar-refractivity contribution < 1.29 is 51.4 Å².